The zero-order valence-corrected chi connectivity index (χ0v) is 12.5. The molecule has 108 valence electrons. The van der Waals surface area contributed by atoms with Gasteiger partial charge >= 0.3 is 0 Å². The average Bonchev–Trinajstić information content (AvgIpc) is 2.45. The molecule has 1 amide bonds. The van der Waals surface area contributed by atoms with Crippen LogP contribution in [0.1, 0.15) is 44.7 Å². The number of benzene rings is 1. The lowest BCUT2D eigenvalue weighted by atomic mass is 10.0. The summed E-state index contributed by atoms with van der Waals surface area (Å²) in [7, 11) is 0. The summed E-state index contributed by atoms with van der Waals surface area (Å²) in [5.74, 6) is 5.96. The fourth-order valence-corrected chi connectivity index (χ4v) is 1.89. The topological polar surface area (TPSA) is 49.3 Å². The van der Waals surface area contributed by atoms with Gasteiger partial charge < -0.3 is 10.4 Å². The van der Waals surface area contributed by atoms with E-state index in [2.05, 4.69) is 31.0 Å². The summed E-state index contributed by atoms with van der Waals surface area (Å²) in [6.07, 6.45) is 2.38. The van der Waals surface area contributed by atoms with Gasteiger partial charge in [0.05, 0.1) is 0 Å². The molecule has 0 aliphatic rings. The van der Waals surface area contributed by atoms with Gasteiger partial charge in [0.25, 0.3) is 0 Å². The first-order valence-corrected chi connectivity index (χ1v) is 7.13. The van der Waals surface area contributed by atoms with Gasteiger partial charge in [0.2, 0.25) is 5.91 Å². The molecule has 0 saturated heterocycles. The van der Waals surface area contributed by atoms with Crippen molar-refractivity contribution in [3.8, 4) is 11.8 Å². The number of aliphatic hydroxyl groups excluding tert-OH is 1. The second-order valence-corrected chi connectivity index (χ2v) is 4.95. The number of carbonyl (C=O) groups excluding carboxylic acids is 1. The minimum absolute atomic E-state index is 0.0586. The molecular weight excluding hydrogens is 250 g/mol. The van der Waals surface area contributed by atoms with E-state index in [0.29, 0.717) is 12.3 Å². The third kappa shape index (κ3) is 5.07. The fraction of sp³-hybridized carbons (Fsp3) is 0.471. The number of anilines is 1. The first-order valence-electron chi connectivity index (χ1n) is 7.13. The largest absolute Gasteiger partial charge is 0.384 e. The Kier molecular flexibility index (Phi) is 6.83. The van der Waals surface area contributed by atoms with Gasteiger partial charge in [-0.05, 0) is 36.1 Å². The molecule has 0 saturated carbocycles. The second kappa shape index (κ2) is 8.39. The normalized spacial score (nSPS) is 11.4. The maximum absolute atomic E-state index is 11.9. The van der Waals surface area contributed by atoms with Crippen LogP contribution in [0.25, 0.3) is 0 Å². The molecule has 20 heavy (non-hydrogen) atoms. The van der Waals surface area contributed by atoms with Crippen LogP contribution in [0.4, 0.5) is 5.69 Å². The highest BCUT2D eigenvalue weighted by Crippen LogP contribution is 2.19. The third-order valence-electron chi connectivity index (χ3n) is 3.30. The van der Waals surface area contributed by atoms with Crippen molar-refractivity contribution in [1.29, 1.82) is 0 Å². The summed E-state index contributed by atoms with van der Waals surface area (Å²) in [6, 6.07) is 5.71. The van der Waals surface area contributed by atoms with E-state index in [4.69, 9.17) is 5.11 Å². The summed E-state index contributed by atoms with van der Waals surface area (Å²) >= 11 is 0. The SMILES string of the molecule is CCc1cc(C#CCO)ccc1NC(=O)CC(C)CC. The lowest BCUT2D eigenvalue weighted by Gasteiger charge is -2.12. The van der Waals surface area contributed by atoms with Crippen LogP contribution in [0.2, 0.25) is 0 Å². The molecule has 0 aliphatic heterocycles. The standard InChI is InChI=1S/C17H23NO2/c1-4-13(3)11-17(20)18-16-9-8-14(7-6-10-19)12-15(16)5-2/h8-9,12-13,19H,4-5,10-11H2,1-3H3,(H,18,20). The molecule has 0 radical (unpaired) electrons. The summed E-state index contributed by atoms with van der Waals surface area (Å²) in [4.78, 5) is 11.9. The Labute approximate surface area is 121 Å². The highest BCUT2D eigenvalue weighted by Gasteiger charge is 2.09. The van der Waals surface area contributed by atoms with Crippen LogP contribution in [0.3, 0.4) is 0 Å². The number of aryl methyl sites for hydroxylation is 1. The fourth-order valence-electron chi connectivity index (χ4n) is 1.89. The summed E-state index contributed by atoms with van der Waals surface area (Å²) in [5.41, 5.74) is 2.78. The molecule has 3 heteroatoms. The average molecular weight is 273 g/mol. The van der Waals surface area contributed by atoms with E-state index in [0.717, 1.165) is 29.7 Å². The van der Waals surface area contributed by atoms with Crippen LogP contribution >= 0.6 is 0 Å². The van der Waals surface area contributed by atoms with Crippen molar-refractivity contribution in [2.24, 2.45) is 5.92 Å². The van der Waals surface area contributed by atoms with E-state index in [1.165, 1.54) is 0 Å². The van der Waals surface area contributed by atoms with Crippen LogP contribution in [-0.4, -0.2) is 17.6 Å². The van der Waals surface area contributed by atoms with Crippen molar-refractivity contribution >= 4 is 11.6 Å². The van der Waals surface area contributed by atoms with Gasteiger partial charge in [0.1, 0.15) is 6.61 Å². The predicted molar refractivity (Wildman–Crippen MR) is 82.5 cm³/mol. The van der Waals surface area contributed by atoms with Gasteiger partial charge in [-0.3, -0.25) is 4.79 Å². The molecule has 1 atom stereocenters. The summed E-state index contributed by atoms with van der Waals surface area (Å²) in [6.45, 7) is 6.07. The summed E-state index contributed by atoms with van der Waals surface area (Å²) in [5, 5.41) is 11.7. The molecule has 0 aliphatic carbocycles. The molecule has 0 heterocycles. The van der Waals surface area contributed by atoms with Gasteiger partial charge in [0, 0.05) is 17.7 Å². The monoisotopic (exact) mass is 273 g/mol. The number of carbonyl (C=O) groups is 1. The quantitative estimate of drug-likeness (QED) is 0.810. The molecule has 0 aromatic heterocycles. The molecule has 0 spiro atoms. The highest BCUT2D eigenvalue weighted by atomic mass is 16.2. The van der Waals surface area contributed by atoms with Gasteiger partial charge in [0.15, 0.2) is 0 Å². The van der Waals surface area contributed by atoms with E-state index in [1.54, 1.807) is 0 Å². The molecule has 3 nitrogen and oxygen atoms in total. The van der Waals surface area contributed by atoms with E-state index < -0.39 is 0 Å². The summed E-state index contributed by atoms with van der Waals surface area (Å²) < 4.78 is 0. The Bertz CT molecular complexity index is 511. The van der Waals surface area contributed by atoms with Crippen molar-refractivity contribution in [3.63, 3.8) is 0 Å². The third-order valence-corrected chi connectivity index (χ3v) is 3.30. The van der Waals surface area contributed by atoms with Crippen molar-refractivity contribution in [1.82, 2.24) is 0 Å². The van der Waals surface area contributed by atoms with Gasteiger partial charge in [-0.2, -0.15) is 0 Å². The second-order valence-electron chi connectivity index (χ2n) is 4.95. The molecule has 0 bridgehead atoms. The first kappa shape index (κ1) is 16.3. The first-order chi connectivity index (χ1) is 9.60. The van der Waals surface area contributed by atoms with Crippen molar-refractivity contribution < 1.29 is 9.90 Å². The van der Waals surface area contributed by atoms with Crippen LogP contribution < -0.4 is 5.32 Å². The van der Waals surface area contributed by atoms with Crippen molar-refractivity contribution in [3.05, 3.63) is 29.3 Å². The van der Waals surface area contributed by atoms with Crippen molar-refractivity contribution in [2.45, 2.75) is 40.0 Å². The molecule has 0 fully saturated rings. The molecule has 1 aromatic rings. The minimum atomic E-state index is -0.144. The van der Waals surface area contributed by atoms with Crippen LogP contribution in [0, 0.1) is 17.8 Å². The van der Waals surface area contributed by atoms with Crippen molar-refractivity contribution in [2.75, 3.05) is 11.9 Å². The Balaban J connectivity index is 2.82. The maximum Gasteiger partial charge on any atom is 0.224 e. The number of hydrogen-bond acceptors (Lipinski definition) is 2. The van der Waals surface area contributed by atoms with E-state index >= 15 is 0 Å². The van der Waals surface area contributed by atoms with Crippen LogP contribution in [0.15, 0.2) is 18.2 Å². The lowest BCUT2D eigenvalue weighted by molar-refractivity contribution is -0.117. The van der Waals surface area contributed by atoms with Gasteiger partial charge in [-0.1, -0.05) is 39.0 Å². The van der Waals surface area contributed by atoms with Crippen LogP contribution in [0.5, 0.6) is 0 Å². The number of nitrogens with one attached hydrogen (secondary N) is 1. The Hall–Kier alpha value is -1.79. The molecular formula is C17H23NO2. The molecule has 1 rings (SSSR count). The zero-order chi connectivity index (χ0) is 15.0. The Morgan fingerprint density at radius 1 is 1.40 bits per heavy atom. The zero-order valence-electron chi connectivity index (χ0n) is 12.5. The number of aliphatic hydroxyl groups is 1. The molecule has 2 N–H and O–H groups in total. The van der Waals surface area contributed by atoms with E-state index in [9.17, 15) is 4.79 Å². The van der Waals surface area contributed by atoms with Crippen LogP contribution in [-0.2, 0) is 11.2 Å². The number of amides is 1. The number of rotatable bonds is 5. The van der Waals surface area contributed by atoms with E-state index in [1.807, 2.05) is 25.1 Å². The molecule has 1 unspecified atom stereocenters. The van der Waals surface area contributed by atoms with Gasteiger partial charge in [-0.25, -0.2) is 0 Å². The highest BCUT2D eigenvalue weighted by molar-refractivity contribution is 5.91. The van der Waals surface area contributed by atoms with Gasteiger partial charge in [-0.15, -0.1) is 0 Å². The smallest absolute Gasteiger partial charge is 0.224 e. The minimum Gasteiger partial charge on any atom is -0.384 e. The maximum atomic E-state index is 11.9. The Morgan fingerprint density at radius 2 is 2.15 bits per heavy atom. The predicted octanol–water partition coefficient (Wildman–Crippen LogP) is 2.97. The van der Waals surface area contributed by atoms with E-state index in [-0.39, 0.29) is 12.5 Å². The lowest BCUT2D eigenvalue weighted by Crippen LogP contribution is -2.15. The Morgan fingerprint density at radius 3 is 2.75 bits per heavy atom. The number of hydrogen-bond donors (Lipinski definition) is 2. The molecule has 1 aromatic carbocycles.